The summed E-state index contributed by atoms with van der Waals surface area (Å²) < 4.78 is 0. The number of aryl methyl sites for hydroxylation is 2. The molecular weight excluding hydrogens is 468 g/mol. The van der Waals surface area contributed by atoms with E-state index >= 15 is 0 Å². The summed E-state index contributed by atoms with van der Waals surface area (Å²) >= 11 is 7.62. The maximum absolute atomic E-state index is 12.8. The van der Waals surface area contributed by atoms with E-state index in [-0.39, 0.29) is 17.7 Å². The molecule has 0 saturated carbocycles. The number of carbonyl (C=O) groups excluding carboxylic acids is 1. The van der Waals surface area contributed by atoms with Gasteiger partial charge in [0, 0.05) is 49.2 Å². The summed E-state index contributed by atoms with van der Waals surface area (Å²) in [5.41, 5.74) is 2.04. The van der Waals surface area contributed by atoms with Crippen LogP contribution >= 0.6 is 22.9 Å². The van der Waals surface area contributed by atoms with E-state index in [1.807, 2.05) is 38.1 Å². The number of rotatable bonds is 6. The van der Waals surface area contributed by atoms with Crippen molar-refractivity contribution in [3.8, 4) is 0 Å². The number of Topliss-reactive ketones (excluding diaryl/α,β-unsaturated/α-hetero) is 1. The van der Waals surface area contributed by atoms with Crippen molar-refractivity contribution in [2.75, 3.05) is 36.4 Å². The zero-order valence-electron chi connectivity index (χ0n) is 20.4. The number of aromatic nitrogens is 3. The number of thiazole rings is 1. The van der Waals surface area contributed by atoms with E-state index in [0.29, 0.717) is 26.7 Å². The van der Waals surface area contributed by atoms with Gasteiger partial charge in [-0.15, -0.1) is 0 Å². The first-order valence-electron chi connectivity index (χ1n) is 11.5. The van der Waals surface area contributed by atoms with Crippen LogP contribution in [-0.4, -0.2) is 57.4 Å². The lowest BCUT2D eigenvalue weighted by Crippen LogP contribution is -2.53. The monoisotopic (exact) mass is 498 g/mol. The smallest absolute Gasteiger partial charge is 0.188 e. The highest BCUT2D eigenvalue weighted by Gasteiger charge is 2.26. The van der Waals surface area contributed by atoms with Gasteiger partial charge in [-0.05, 0) is 51.8 Å². The van der Waals surface area contributed by atoms with Crippen molar-refractivity contribution in [1.82, 2.24) is 19.9 Å². The Hall–Kier alpha value is -2.55. The fraction of sp³-hybridized carbons (Fsp3) is 0.440. The molecule has 1 fully saturated rings. The average Bonchev–Trinajstić information content (AvgIpc) is 3.24. The number of piperazine rings is 1. The van der Waals surface area contributed by atoms with Crippen molar-refractivity contribution in [3.05, 3.63) is 57.3 Å². The lowest BCUT2D eigenvalue weighted by Gasteiger charge is -2.42. The van der Waals surface area contributed by atoms with Gasteiger partial charge in [0.25, 0.3) is 0 Å². The molecule has 1 saturated heterocycles. The molecule has 7 nitrogen and oxygen atoms in total. The van der Waals surface area contributed by atoms with Gasteiger partial charge in [0.1, 0.15) is 17.5 Å². The van der Waals surface area contributed by atoms with Crippen molar-refractivity contribution in [2.24, 2.45) is 0 Å². The molecule has 3 aromatic rings. The molecule has 0 aliphatic carbocycles. The summed E-state index contributed by atoms with van der Waals surface area (Å²) in [7, 11) is 0. The van der Waals surface area contributed by atoms with Crippen LogP contribution in [0.4, 0.5) is 16.8 Å². The zero-order chi connectivity index (χ0) is 24.5. The summed E-state index contributed by atoms with van der Waals surface area (Å²) in [6.45, 7) is 14.5. The third-order valence-corrected chi connectivity index (χ3v) is 7.39. The highest BCUT2D eigenvalue weighted by atomic mass is 35.5. The highest BCUT2D eigenvalue weighted by molar-refractivity contribution is 7.17. The zero-order valence-corrected chi connectivity index (χ0v) is 21.9. The molecule has 3 heterocycles. The van der Waals surface area contributed by atoms with Gasteiger partial charge in [0.2, 0.25) is 0 Å². The largest absolute Gasteiger partial charge is 0.354 e. The number of hydrogen-bond acceptors (Lipinski definition) is 8. The summed E-state index contributed by atoms with van der Waals surface area (Å²) in [4.78, 5) is 31.8. The van der Waals surface area contributed by atoms with E-state index in [4.69, 9.17) is 11.6 Å². The number of benzene rings is 1. The molecule has 0 atom stereocenters. The van der Waals surface area contributed by atoms with Crippen LogP contribution in [0, 0.1) is 13.8 Å². The Balaban J connectivity index is 1.44. The van der Waals surface area contributed by atoms with Gasteiger partial charge in [-0.25, -0.2) is 15.0 Å². The minimum absolute atomic E-state index is 0.00183. The summed E-state index contributed by atoms with van der Waals surface area (Å²) in [6.07, 6.45) is 1.87. The molecule has 2 aromatic heterocycles. The molecule has 1 aliphatic heterocycles. The molecule has 1 aromatic carbocycles. The Kier molecular flexibility index (Phi) is 7.21. The van der Waals surface area contributed by atoms with Gasteiger partial charge in [-0.1, -0.05) is 35.1 Å². The van der Waals surface area contributed by atoms with E-state index in [1.54, 1.807) is 6.20 Å². The van der Waals surface area contributed by atoms with Crippen molar-refractivity contribution >= 4 is 45.5 Å². The van der Waals surface area contributed by atoms with Crippen LogP contribution in [0.25, 0.3) is 0 Å². The second-order valence-electron chi connectivity index (χ2n) is 9.59. The standard InChI is InChI=1S/C25H31ClN6OS/c1-16-7-6-8-19(26)18(16)13-20(33)21-15-27-24(34-21)30-22-14-23(29-17(2)28-22)31-9-11-32(12-10-31)25(3,4)5/h6-8,14-15H,9-13H2,1-5H3,(H,27,28,29,30). The number of anilines is 3. The van der Waals surface area contributed by atoms with Crippen LogP contribution in [0.5, 0.6) is 0 Å². The molecule has 180 valence electrons. The van der Waals surface area contributed by atoms with E-state index in [2.05, 4.69) is 50.8 Å². The van der Waals surface area contributed by atoms with Crippen molar-refractivity contribution in [3.63, 3.8) is 0 Å². The Bertz CT molecular complexity index is 1160. The first-order valence-corrected chi connectivity index (χ1v) is 12.7. The topological polar surface area (TPSA) is 74.2 Å². The predicted octanol–water partition coefficient (Wildman–Crippen LogP) is 5.29. The molecule has 4 rings (SSSR count). The Labute approximate surface area is 210 Å². The van der Waals surface area contributed by atoms with Crippen LogP contribution in [0.2, 0.25) is 5.02 Å². The minimum atomic E-state index is -0.00183. The highest BCUT2D eigenvalue weighted by Crippen LogP contribution is 2.27. The van der Waals surface area contributed by atoms with Crippen molar-refractivity contribution in [1.29, 1.82) is 0 Å². The van der Waals surface area contributed by atoms with Gasteiger partial charge >= 0.3 is 0 Å². The molecule has 0 spiro atoms. The predicted molar refractivity (Wildman–Crippen MR) is 140 cm³/mol. The molecule has 9 heteroatoms. The quantitative estimate of drug-likeness (QED) is 0.462. The van der Waals surface area contributed by atoms with E-state index in [9.17, 15) is 4.79 Å². The first-order chi connectivity index (χ1) is 16.1. The second-order valence-corrected chi connectivity index (χ2v) is 11.0. The lowest BCUT2D eigenvalue weighted by atomic mass is 10.0. The Morgan fingerprint density at radius 3 is 2.56 bits per heavy atom. The molecule has 0 unspecified atom stereocenters. The summed E-state index contributed by atoms with van der Waals surface area (Å²) in [5.74, 6) is 2.28. The van der Waals surface area contributed by atoms with Crippen LogP contribution in [-0.2, 0) is 6.42 Å². The van der Waals surface area contributed by atoms with Crippen LogP contribution in [0.15, 0.2) is 30.5 Å². The van der Waals surface area contributed by atoms with Gasteiger partial charge in [-0.2, -0.15) is 0 Å². The van der Waals surface area contributed by atoms with Gasteiger partial charge in [-0.3, -0.25) is 9.69 Å². The second kappa shape index (κ2) is 9.98. The fourth-order valence-electron chi connectivity index (χ4n) is 4.09. The maximum atomic E-state index is 12.8. The van der Waals surface area contributed by atoms with Crippen LogP contribution in [0.1, 0.15) is 47.4 Å². The molecule has 1 N–H and O–H groups in total. The van der Waals surface area contributed by atoms with Gasteiger partial charge in [0.05, 0.1) is 11.1 Å². The SMILES string of the molecule is Cc1nc(Nc2ncc(C(=O)Cc3c(C)cccc3Cl)s2)cc(N2CCN(C(C)(C)C)CC2)n1. The number of hydrogen-bond donors (Lipinski definition) is 1. The molecular formula is C25H31ClN6OS. The van der Waals surface area contributed by atoms with Gasteiger partial charge in [0.15, 0.2) is 10.9 Å². The molecule has 0 bridgehead atoms. The van der Waals surface area contributed by atoms with Crippen molar-refractivity contribution < 1.29 is 4.79 Å². The minimum Gasteiger partial charge on any atom is -0.354 e. The maximum Gasteiger partial charge on any atom is 0.188 e. The Morgan fingerprint density at radius 2 is 1.88 bits per heavy atom. The fourth-order valence-corrected chi connectivity index (χ4v) is 5.14. The summed E-state index contributed by atoms with van der Waals surface area (Å²) in [6, 6.07) is 7.62. The van der Waals surface area contributed by atoms with Crippen molar-refractivity contribution in [2.45, 2.75) is 46.6 Å². The first kappa shape index (κ1) is 24.6. The van der Waals surface area contributed by atoms with E-state index in [1.165, 1.54) is 11.3 Å². The number of halogens is 1. The third kappa shape index (κ3) is 5.74. The third-order valence-electron chi connectivity index (χ3n) is 6.08. The molecule has 0 amide bonds. The molecule has 0 radical (unpaired) electrons. The number of ketones is 1. The van der Waals surface area contributed by atoms with E-state index < -0.39 is 0 Å². The van der Waals surface area contributed by atoms with E-state index in [0.717, 1.165) is 43.1 Å². The normalized spacial score (nSPS) is 14.9. The number of nitrogens with one attached hydrogen (secondary N) is 1. The van der Waals surface area contributed by atoms with Gasteiger partial charge < -0.3 is 10.2 Å². The average molecular weight is 499 g/mol. The molecule has 1 aliphatic rings. The number of carbonyl (C=O) groups is 1. The van der Waals surface area contributed by atoms with Crippen LogP contribution < -0.4 is 10.2 Å². The Morgan fingerprint density at radius 1 is 1.15 bits per heavy atom. The molecule has 34 heavy (non-hydrogen) atoms. The lowest BCUT2D eigenvalue weighted by molar-refractivity contribution is 0.0996. The summed E-state index contributed by atoms with van der Waals surface area (Å²) in [5, 5.41) is 4.50. The number of nitrogens with zero attached hydrogens (tertiary/aromatic N) is 5. The van der Waals surface area contributed by atoms with Crippen LogP contribution in [0.3, 0.4) is 0 Å².